The molecule has 1 fully saturated rings. The van der Waals surface area contributed by atoms with Crippen LogP contribution in [-0.2, 0) is 32.1 Å². The normalized spacial score (nSPS) is 20.0. The van der Waals surface area contributed by atoms with E-state index in [1.807, 2.05) is 47.4 Å². The number of carbonyl (C=O) groups excluding carboxylic acids is 2. The molecule has 0 aliphatic carbocycles. The lowest BCUT2D eigenvalue weighted by molar-refractivity contribution is -0.137. The number of anilines is 1. The summed E-state index contributed by atoms with van der Waals surface area (Å²) in [5.41, 5.74) is 1.84. The molecular weight excluding hydrogens is 526 g/mol. The molecule has 3 heterocycles. The number of ether oxygens (including phenoxy) is 4. The lowest BCUT2D eigenvalue weighted by atomic mass is 10.1. The van der Waals surface area contributed by atoms with Gasteiger partial charge in [-0.2, -0.15) is 0 Å². The Morgan fingerprint density at radius 1 is 1.00 bits per heavy atom. The Morgan fingerprint density at radius 3 is 2.66 bits per heavy atom. The molecule has 2 aromatic carbocycles. The Kier molecular flexibility index (Phi) is 9.27. The number of fused-ring (bicyclic) bond motifs is 5. The molecule has 4 bridgehead atoms. The molecule has 11 nitrogen and oxygen atoms in total. The first-order valence-electron chi connectivity index (χ1n) is 13.7. The monoisotopic (exact) mass is 561 g/mol. The van der Waals surface area contributed by atoms with Gasteiger partial charge in [-0.3, -0.25) is 9.59 Å². The summed E-state index contributed by atoms with van der Waals surface area (Å²) in [5, 5.41) is 3.10. The van der Waals surface area contributed by atoms with Gasteiger partial charge in [-0.25, -0.2) is 9.97 Å². The van der Waals surface area contributed by atoms with Crippen LogP contribution < -0.4 is 19.7 Å². The van der Waals surface area contributed by atoms with E-state index >= 15 is 0 Å². The largest absolute Gasteiger partial charge is 0.493 e. The average Bonchev–Trinajstić information content (AvgIpc) is 3.39. The molecule has 2 amide bonds. The number of carbonyl (C=O) groups is 2. The zero-order valence-corrected chi connectivity index (χ0v) is 23.3. The highest BCUT2D eigenvalue weighted by Gasteiger charge is 2.36. The molecule has 0 saturated carbocycles. The summed E-state index contributed by atoms with van der Waals surface area (Å²) < 4.78 is 23.3. The van der Waals surface area contributed by atoms with Gasteiger partial charge >= 0.3 is 0 Å². The molecule has 11 heteroatoms. The van der Waals surface area contributed by atoms with Crippen LogP contribution in [0, 0.1) is 0 Å². The standard InChI is InChI=1S/C30H35N5O6/c1-38-14-13-34-19-28(36)33-24-17-35(30-31-11-4-12-32-30)18-27(24)40-20-22-5-3-6-23(15-22)41-26-16-21(8-10-29(34)37)7-9-25(26)39-2/h3-7,9,11-12,15-16,24,27H,8,10,13-14,17-20H2,1-2H3,(H,33,36)/t24-,27-/m0/s1. The number of amides is 2. The molecule has 41 heavy (non-hydrogen) atoms. The molecule has 5 rings (SSSR count). The third-order valence-electron chi connectivity index (χ3n) is 7.15. The summed E-state index contributed by atoms with van der Waals surface area (Å²) in [6, 6.07) is 14.7. The number of hydrogen-bond donors (Lipinski definition) is 1. The Balaban J connectivity index is 1.43. The van der Waals surface area contributed by atoms with Crippen molar-refractivity contribution < 1.29 is 28.5 Å². The van der Waals surface area contributed by atoms with Crippen LogP contribution in [0.2, 0.25) is 0 Å². The minimum absolute atomic E-state index is 0.0771. The van der Waals surface area contributed by atoms with E-state index in [0.717, 1.165) is 11.1 Å². The van der Waals surface area contributed by atoms with Crippen LogP contribution in [0.1, 0.15) is 17.5 Å². The van der Waals surface area contributed by atoms with Crippen LogP contribution in [0.3, 0.4) is 0 Å². The Bertz CT molecular complexity index is 1340. The summed E-state index contributed by atoms with van der Waals surface area (Å²) in [6.45, 7) is 1.85. The van der Waals surface area contributed by atoms with Crippen molar-refractivity contribution in [2.75, 3.05) is 51.9 Å². The highest BCUT2D eigenvalue weighted by Crippen LogP contribution is 2.33. The van der Waals surface area contributed by atoms with Gasteiger partial charge in [0.25, 0.3) is 0 Å². The number of aromatic nitrogens is 2. The van der Waals surface area contributed by atoms with Crippen LogP contribution in [0.15, 0.2) is 60.9 Å². The maximum absolute atomic E-state index is 13.3. The van der Waals surface area contributed by atoms with E-state index in [0.29, 0.717) is 62.5 Å². The first-order valence-corrected chi connectivity index (χ1v) is 13.7. The van der Waals surface area contributed by atoms with Crippen molar-refractivity contribution in [3.63, 3.8) is 0 Å². The summed E-state index contributed by atoms with van der Waals surface area (Å²) in [6.07, 6.45) is 3.76. The van der Waals surface area contributed by atoms with E-state index in [-0.39, 0.29) is 36.9 Å². The maximum Gasteiger partial charge on any atom is 0.239 e. The van der Waals surface area contributed by atoms with Gasteiger partial charge in [0.2, 0.25) is 17.8 Å². The number of nitrogens with one attached hydrogen (secondary N) is 1. The van der Waals surface area contributed by atoms with E-state index in [1.54, 1.807) is 32.7 Å². The van der Waals surface area contributed by atoms with Gasteiger partial charge in [-0.15, -0.1) is 0 Å². The molecule has 0 unspecified atom stereocenters. The number of aryl methyl sites for hydroxylation is 1. The first kappa shape index (κ1) is 28.3. The first-order chi connectivity index (χ1) is 20.0. The summed E-state index contributed by atoms with van der Waals surface area (Å²) in [4.78, 5) is 38.8. The fourth-order valence-electron chi connectivity index (χ4n) is 5.01. The van der Waals surface area contributed by atoms with Crippen LogP contribution in [-0.4, -0.2) is 85.8 Å². The van der Waals surface area contributed by atoms with Gasteiger partial charge in [-0.1, -0.05) is 18.2 Å². The third-order valence-corrected chi connectivity index (χ3v) is 7.15. The minimum Gasteiger partial charge on any atom is -0.493 e. The van der Waals surface area contributed by atoms with Gasteiger partial charge < -0.3 is 34.1 Å². The second-order valence-corrected chi connectivity index (χ2v) is 10.0. The number of benzene rings is 2. The zero-order chi connectivity index (χ0) is 28.6. The fraction of sp³-hybridized carbons (Fsp3) is 0.400. The number of rotatable bonds is 5. The Morgan fingerprint density at radius 2 is 1.85 bits per heavy atom. The van der Waals surface area contributed by atoms with Crippen molar-refractivity contribution in [2.45, 2.75) is 31.6 Å². The molecular formula is C30H35N5O6. The van der Waals surface area contributed by atoms with Crippen LogP contribution in [0.5, 0.6) is 17.2 Å². The van der Waals surface area contributed by atoms with Crippen LogP contribution >= 0.6 is 0 Å². The Hall–Kier alpha value is -4.22. The Labute approximate surface area is 239 Å². The number of hydrogen-bond acceptors (Lipinski definition) is 9. The summed E-state index contributed by atoms with van der Waals surface area (Å²) >= 11 is 0. The van der Waals surface area contributed by atoms with E-state index in [1.165, 1.54) is 4.90 Å². The molecule has 2 aliphatic rings. The van der Waals surface area contributed by atoms with Crippen molar-refractivity contribution in [1.82, 2.24) is 20.2 Å². The highest BCUT2D eigenvalue weighted by molar-refractivity contribution is 5.85. The van der Waals surface area contributed by atoms with Gasteiger partial charge in [-0.05, 0) is 47.9 Å². The van der Waals surface area contributed by atoms with Crippen molar-refractivity contribution in [1.29, 1.82) is 0 Å². The maximum atomic E-state index is 13.3. The SMILES string of the molecule is COCCN1CC(=O)N[C@H]2CN(c3ncccn3)C[C@@H]2OCc2cccc(c2)Oc2cc(ccc2OC)CCC1=O. The summed E-state index contributed by atoms with van der Waals surface area (Å²) in [7, 11) is 3.16. The molecule has 1 N–H and O–H groups in total. The quantitative estimate of drug-likeness (QED) is 0.502. The topological polar surface area (TPSA) is 115 Å². The van der Waals surface area contributed by atoms with Crippen molar-refractivity contribution in [3.8, 4) is 17.2 Å². The van der Waals surface area contributed by atoms with E-state index in [9.17, 15) is 9.59 Å². The number of nitrogens with zero attached hydrogens (tertiary/aromatic N) is 4. The number of methoxy groups -OCH3 is 2. The molecule has 216 valence electrons. The predicted molar refractivity (Wildman–Crippen MR) is 151 cm³/mol. The highest BCUT2D eigenvalue weighted by atomic mass is 16.5. The molecule has 1 saturated heterocycles. The molecule has 3 aromatic rings. The minimum atomic E-state index is -0.328. The van der Waals surface area contributed by atoms with Crippen LogP contribution in [0.4, 0.5) is 5.95 Å². The van der Waals surface area contributed by atoms with Gasteiger partial charge in [0.15, 0.2) is 11.5 Å². The molecule has 2 atom stereocenters. The summed E-state index contributed by atoms with van der Waals surface area (Å²) in [5.74, 6) is 1.96. The average molecular weight is 562 g/mol. The van der Waals surface area contributed by atoms with Gasteiger partial charge in [0, 0.05) is 45.6 Å². The lowest BCUT2D eigenvalue weighted by Crippen LogP contribution is -2.49. The van der Waals surface area contributed by atoms with Gasteiger partial charge in [0.05, 0.1) is 39.0 Å². The van der Waals surface area contributed by atoms with Crippen molar-refractivity contribution >= 4 is 17.8 Å². The van der Waals surface area contributed by atoms with E-state index in [2.05, 4.69) is 15.3 Å². The molecule has 0 spiro atoms. The predicted octanol–water partition coefficient (Wildman–Crippen LogP) is 2.59. The smallest absolute Gasteiger partial charge is 0.239 e. The molecule has 1 aromatic heterocycles. The second-order valence-electron chi connectivity index (χ2n) is 10.0. The second kappa shape index (κ2) is 13.4. The van der Waals surface area contributed by atoms with E-state index in [4.69, 9.17) is 18.9 Å². The van der Waals surface area contributed by atoms with Crippen molar-refractivity contribution in [2.24, 2.45) is 0 Å². The van der Waals surface area contributed by atoms with Crippen LogP contribution in [0.25, 0.3) is 0 Å². The third kappa shape index (κ3) is 7.30. The fourth-order valence-corrected chi connectivity index (χ4v) is 5.01. The molecule has 0 radical (unpaired) electrons. The van der Waals surface area contributed by atoms with Crippen molar-refractivity contribution in [3.05, 3.63) is 72.1 Å². The zero-order valence-electron chi connectivity index (χ0n) is 23.3. The van der Waals surface area contributed by atoms with Gasteiger partial charge in [0.1, 0.15) is 5.75 Å². The molecule has 2 aliphatic heterocycles. The van der Waals surface area contributed by atoms with E-state index < -0.39 is 0 Å². The lowest BCUT2D eigenvalue weighted by Gasteiger charge is -2.25.